The van der Waals surface area contributed by atoms with E-state index in [0.29, 0.717) is 7.25 Å². The van der Waals surface area contributed by atoms with E-state index in [0.717, 1.165) is 23.0 Å². The molecule has 6 aromatic rings. The molecule has 0 saturated carbocycles. The maximum atomic E-state index is 6.41. The Morgan fingerprint density at radius 3 is 1.20 bits per heavy atom. The van der Waals surface area contributed by atoms with Gasteiger partial charge in [0.2, 0.25) is 0 Å². The van der Waals surface area contributed by atoms with Gasteiger partial charge in [0, 0.05) is 0 Å². The Kier molecular flexibility index (Phi) is 8.50. The normalized spacial score (nSPS) is 16.9. The van der Waals surface area contributed by atoms with E-state index in [1.165, 1.54) is 66.8 Å². The molecule has 0 N–H and O–H groups in total. The van der Waals surface area contributed by atoms with Crippen LogP contribution in [0.25, 0.3) is 45.6 Å². The van der Waals surface area contributed by atoms with Gasteiger partial charge in [-0.3, -0.25) is 0 Å². The first-order valence-corrected chi connectivity index (χ1v) is 21.0. The van der Waals surface area contributed by atoms with Gasteiger partial charge in [-0.05, 0) is 0 Å². The maximum absolute atomic E-state index is 6.41. The summed E-state index contributed by atoms with van der Waals surface area (Å²) in [6.45, 7) is 17.8. The van der Waals surface area contributed by atoms with E-state index in [9.17, 15) is 0 Å². The van der Waals surface area contributed by atoms with Crippen LogP contribution in [0.3, 0.4) is 0 Å². The molecule has 0 aliphatic heterocycles. The Bertz CT molecular complexity index is 2150. The number of benzene rings is 4. The van der Waals surface area contributed by atoms with E-state index in [4.69, 9.17) is 8.83 Å². The van der Waals surface area contributed by atoms with Crippen molar-refractivity contribution in [3.8, 4) is 22.3 Å². The van der Waals surface area contributed by atoms with E-state index < -0.39 is 23.2 Å². The Morgan fingerprint density at radius 2 is 0.863 bits per heavy atom. The quantitative estimate of drug-likeness (QED) is 0.170. The second-order valence-electron chi connectivity index (χ2n) is 16.3. The summed E-state index contributed by atoms with van der Waals surface area (Å²) < 4.78 is 13.5. The van der Waals surface area contributed by atoms with E-state index in [-0.39, 0.29) is 10.8 Å². The monoisotopic (exact) mass is 744 g/mol. The van der Waals surface area contributed by atoms with Gasteiger partial charge in [0.1, 0.15) is 0 Å². The number of allylic oxidation sites excluding steroid dienone is 2. The van der Waals surface area contributed by atoms with Crippen molar-refractivity contribution >= 4 is 23.3 Å². The molecule has 3 heteroatoms. The van der Waals surface area contributed by atoms with E-state index in [2.05, 4.69) is 163 Å². The van der Waals surface area contributed by atoms with E-state index in [1.54, 1.807) is 0 Å². The third-order valence-corrected chi connectivity index (χ3v) is 15.3. The molecule has 2 heterocycles. The molecule has 254 valence electrons. The minimum absolute atomic E-state index is 0.115. The van der Waals surface area contributed by atoms with Crippen molar-refractivity contribution in [2.75, 3.05) is 0 Å². The molecular weight excluding hydrogens is 700 g/mol. The molecule has 2 unspecified atom stereocenters. The van der Waals surface area contributed by atoms with Crippen LogP contribution in [0.1, 0.15) is 105 Å². The minimum atomic E-state index is -1.32. The summed E-state index contributed by atoms with van der Waals surface area (Å²) in [4.78, 5) is 0. The molecule has 2 aromatic heterocycles. The van der Waals surface area contributed by atoms with Crippen LogP contribution in [0.2, 0.25) is 0 Å². The van der Waals surface area contributed by atoms with Crippen LogP contribution in [0, 0.1) is 13.8 Å². The zero-order valence-electron chi connectivity index (χ0n) is 31.0. The van der Waals surface area contributed by atoms with Gasteiger partial charge in [0.05, 0.1) is 0 Å². The van der Waals surface area contributed by atoms with Crippen molar-refractivity contribution in [2.45, 2.75) is 73.5 Å². The molecule has 0 spiro atoms. The Morgan fingerprint density at radius 1 is 0.471 bits per heavy atom. The van der Waals surface area contributed by atoms with Gasteiger partial charge in [-0.2, -0.15) is 0 Å². The zero-order valence-corrected chi connectivity index (χ0v) is 33.5. The summed E-state index contributed by atoms with van der Waals surface area (Å²) in [6, 6.07) is 40.8. The van der Waals surface area contributed by atoms with E-state index in [1.807, 2.05) is 13.8 Å². The predicted octanol–water partition coefficient (Wildman–Crippen LogP) is 13.4. The van der Waals surface area contributed by atoms with E-state index >= 15 is 0 Å². The van der Waals surface area contributed by atoms with Gasteiger partial charge in [-0.25, -0.2) is 0 Å². The molecule has 8 rings (SSSR count). The van der Waals surface area contributed by atoms with Crippen LogP contribution in [0.5, 0.6) is 0 Å². The Hall–Kier alpha value is -4.20. The number of hydrogen-bond acceptors (Lipinski definition) is 2. The van der Waals surface area contributed by atoms with Gasteiger partial charge in [-0.1, -0.05) is 0 Å². The molecule has 2 aliphatic rings. The fourth-order valence-corrected chi connectivity index (χ4v) is 12.7. The number of furan rings is 2. The average Bonchev–Trinajstić information content (AvgIpc) is 3.90. The molecule has 2 atom stereocenters. The zero-order chi connectivity index (χ0) is 35.7. The summed E-state index contributed by atoms with van der Waals surface area (Å²) in [5.41, 5.74) is 16.2. The third-order valence-electron chi connectivity index (χ3n) is 10.6. The number of rotatable bonds is 6. The Labute approximate surface area is 314 Å². The Balaban J connectivity index is 1.24. The van der Waals surface area contributed by atoms with Crippen LogP contribution in [0.4, 0.5) is 0 Å². The number of hydrogen-bond donors (Lipinski definition) is 0. The second kappa shape index (κ2) is 12.8. The molecule has 2 aliphatic carbocycles. The number of fused-ring (bicyclic) bond motifs is 2. The van der Waals surface area contributed by atoms with Crippen LogP contribution >= 0.6 is 0 Å². The van der Waals surface area contributed by atoms with Crippen LogP contribution in [0.15, 0.2) is 118 Å². The van der Waals surface area contributed by atoms with Crippen molar-refractivity contribution in [1.29, 1.82) is 0 Å². The first kappa shape index (κ1) is 33.9. The second-order valence-corrected chi connectivity index (χ2v) is 20.0. The van der Waals surface area contributed by atoms with Gasteiger partial charge < -0.3 is 0 Å². The standard InChI is InChI=1S/2C24H23O.Zr/c2*1-16-8-13-23(25-16)19-14-18-6-5-7-21(22(18)15-19)17-9-11-20(12-10-17)24(2,3)4;/h2*5-15H,1-4H3;. The molecule has 0 amide bonds. The predicted molar refractivity (Wildman–Crippen MR) is 209 cm³/mol. The molecule has 2 nitrogen and oxygen atoms in total. The molecule has 0 radical (unpaired) electrons. The summed E-state index contributed by atoms with van der Waals surface area (Å²) in [5, 5.41) is 0. The number of aryl methyl sites for hydroxylation is 2. The SMILES string of the molecule is Cc1ccc(C2=Cc3c(-c4ccc(C(C)(C)C)cc4)cccc3[CH]2[Zr][CH]2C(c3ccc(C)o3)=Cc3c(-c4ccc(C(C)(C)C)cc4)cccc32)o1. The fraction of sp³-hybridized carbons (Fsp3) is 0.250. The van der Waals surface area contributed by atoms with Crippen molar-refractivity contribution in [3.05, 3.63) is 166 Å². The van der Waals surface area contributed by atoms with Gasteiger partial charge in [-0.15, -0.1) is 0 Å². The molecule has 51 heavy (non-hydrogen) atoms. The van der Waals surface area contributed by atoms with Gasteiger partial charge >= 0.3 is 317 Å². The van der Waals surface area contributed by atoms with Crippen LogP contribution in [-0.2, 0) is 34.1 Å². The van der Waals surface area contributed by atoms with Crippen LogP contribution < -0.4 is 0 Å². The first-order chi connectivity index (χ1) is 24.3. The summed E-state index contributed by atoms with van der Waals surface area (Å²) in [7, 11) is 0. The van der Waals surface area contributed by atoms with Crippen LogP contribution in [-0.4, -0.2) is 0 Å². The molecule has 0 fully saturated rings. The third kappa shape index (κ3) is 6.33. The topological polar surface area (TPSA) is 26.3 Å². The van der Waals surface area contributed by atoms with Gasteiger partial charge in [0.25, 0.3) is 0 Å². The van der Waals surface area contributed by atoms with Crippen molar-refractivity contribution in [1.82, 2.24) is 0 Å². The molecule has 0 saturated heterocycles. The molecular formula is C48H46O2Zr. The summed E-state index contributed by atoms with van der Waals surface area (Å²) in [6.07, 6.45) is 4.88. The fourth-order valence-electron chi connectivity index (χ4n) is 7.74. The average molecular weight is 746 g/mol. The van der Waals surface area contributed by atoms with Gasteiger partial charge in [0.15, 0.2) is 0 Å². The van der Waals surface area contributed by atoms with Crippen molar-refractivity contribution in [2.24, 2.45) is 0 Å². The van der Waals surface area contributed by atoms with Crippen molar-refractivity contribution in [3.63, 3.8) is 0 Å². The van der Waals surface area contributed by atoms with Crippen molar-refractivity contribution < 1.29 is 32.1 Å². The molecule has 0 bridgehead atoms. The summed E-state index contributed by atoms with van der Waals surface area (Å²) in [5.74, 6) is 3.88. The molecule has 4 aromatic carbocycles. The first-order valence-electron chi connectivity index (χ1n) is 18.2. The summed E-state index contributed by atoms with van der Waals surface area (Å²) >= 11 is -1.32.